The molecule has 0 spiro atoms. The summed E-state index contributed by atoms with van der Waals surface area (Å²) in [7, 11) is -1.41. The van der Waals surface area contributed by atoms with Gasteiger partial charge < -0.3 is 10.2 Å². The molecule has 8 heteroatoms. The predicted octanol–water partition coefficient (Wildman–Crippen LogP) is 3.16. The molecule has 6 nitrogen and oxygen atoms in total. The van der Waals surface area contributed by atoms with Crippen LogP contribution in [0.3, 0.4) is 0 Å². The maximum Gasteiger partial charge on any atom is 0.252 e. The maximum atomic E-state index is 12.9. The van der Waals surface area contributed by atoms with Crippen LogP contribution in [-0.2, 0) is 27.8 Å². The van der Waals surface area contributed by atoms with Crippen LogP contribution in [-0.4, -0.2) is 45.3 Å². The van der Waals surface area contributed by atoms with Gasteiger partial charge in [0.2, 0.25) is 5.91 Å². The molecule has 1 aromatic carbocycles. The number of rotatable bonds is 5. The van der Waals surface area contributed by atoms with Crippen LogP contribution in [0.4, 0.5) is 5.69 Å². The van der Waals surface area contributed by atoms with E-state index in [4.69, 9.17) is 0 Å². The van der Waals surface area contributed by atoms with Crippen molar-refractivity contribution >= 4 is 33.0 Å². The summed E-state index contributed by atoms with van der Waals surface area (Å²) < 4.78 is 27.7. The topological polar surface area (TPSA) is 69.7 Å². The van der Waals surface area contributed by atoms with E-state index < -0.39 is 10.0 Å². The highest BCUT2D eigenvalue weighted by Crippen LogP contribution is 2.29. The quantitative estimate of drug-likeness (QED) is 0.764. The minimum absolute atomic E-state index is 0.0629. The van der Waals surface area contributed by atoms with Crippen molar-refractivity contribution in [3.63, 3.8) is 0 Å². The summed E-state index contributed by atoms with van der Waals surface area (Å²) in [5.41, 5.74) is 3.69. The Balaban J connectivity index is 1.38. The summed E-state index contributed by atoms with van der Waals surface area (Å²) in [4.78, 5) is 16.0. The highest BCUT2D eigenvalue weighted by molar-refractivity contribution is 7.91. The molecule has 0 radical (unpaired) electrons. The second-order valence-corrected chi connectivity index (χ2v) is 11.7. The maximum absolute atomic E-state index is 12.9. The molecular weight excluding hydrogens is 418 g/mol. The molecular formula is C22H29N3O3S2. The summed E-state index contributed by atoms with van der Waals surface area (Å²) in [5.74, 6) is -0.370. The Kier molecular flexibility index (Phi) is 6.18. The summed E-state index contributed by atoms with van der Waals surface area (Å²) in [6.07, 6.45) is 3.64. The lowest BCUT2D eigenvalue weighted by Gasteiger charge is -2.31. The number of carbonyl (C=O) groups excluding carboxylic acids is 1. The van der Waals surface area contributed by atoms with Crippen molar-refractivity contribution in [3.05, 3.63) is 46.3 Å². The third-order valence-corrected chi connectivity index (χ3v) is 9.36. The summed E-state index contributed by atoms with van der Waals surface area (Å²) in [6.45, 7) is 4.18. The van der Waals surface area contributed by atoms with Crippen molar-refractivity contribution in [1.82, 2.24) is 9.62 Å². The van der Waals surface area contributed by atoms with E-state index in [2.05, 4.69) is 35.5 Å². The van der Waals surface area contributed by atoms with E-state index >= 15 is 0 Å². The van der Waals surface area contributed by atoms with Gasteiger partial charge in [0.1, 0.15) is 4.21 Å². The second-order valence-electron chi connectivity index (χ2n) is 8.27. The number of nitrogens with zero attached hydrogens (tertiary/aromatic N) is 2. The zero-order valence-corrected chi connectivity index (χ0v) is 19.2. The lowest BCUT2D eigenvalue weighted by Crippen LogP contribution is -2.45. The Morgan fingerprint density at radius 1 is 1.20 bits per heavy atom. The Labute approximate surface area is 182 Å². The number of aryl methyl sites for hydroxylation is 2. The van der Waals surface area contributed by atoms with E-state index in [9.17, 15) is 13.2 Å². The third-order valence-electron chi connectivity index (χ3n) is 6.03. The normalized spacial score (nSPS) is 20.1. The van der Waals surface area contributed by atoms with Crippen molar-refractivity contribution in [2.45, 2.75) is 43.4 Å². The molecule has 0 bridgehead atoms. The largest absolute Gasteiger partial charge is 0.374 e. The first-order chi connectivity index (χ1) is 14.3. The van der Waals surface area contributed by atoms with Crippen LogP contribution in [0.2, 0.25) is 0 Å². The molecule has 30 heavy (non-hydrogen) atoms. The van der Waals surface area contributed by atoms with Crippen molar-refractivity contribution in [2.75, 3.05) is 31.6 Å². The van der Waals surface area contributed by atoms with Gasteiger partial charge in [0.05, 0.1) is 5.92 Å². The first-order valence-electron chi connectivity index (χ1n) is 10.5. The Hall–Kier alpha value is -1.90. The summed E-state index contributed by atoms with van der Waals surface area (Å²) in [6, 6.07) is 9.86. The van der Waals surface area contributed by atoms with Crippen LogP contribution in [0.25, 0.3) is 0 Å². The van der Waals surface area contributed by atoms with Crippen LogP contribution in [0, 0.1) is 12.8 Å². The van der Waals surface area contributed by atoms with Gasteiger partial charge in [-0.05, 0) is 61.9 Å². The van der Waals surface area contributed by atoms with Crippen LogP contribution in [0.15, 0.2) is 34.5 Å². The first-order valence-corrected chi connectivity index (χ1v) is 12.8. The minimum atomic E-state index is -3.52. The van der Waals surface area contributed by atoms with Crippen molar-refractivity contribution in [3.8, 4) is 0 Å². The predicted molar refractivity (Wildman–Crippen MR) is 120 cm³/mol. The summed E-state index contributed by atoms with van der Waals surface area (Å²) >= 11 is 1.28. The van der Waals surface area contributed by atoms with Crippen LogP contribution < -0.4 is 10.2 Å². The van der Waals surface area contributed by atoms with Gasteiger partial charge in [-0.2, -0.15) is 4.31 Å². The Bertz CT molecular complexity index is 1030. The minimum Gasteiger partial charge on any atom is -0.374 e. The molecule has 2 aliphatic heterocycles. The number of piperidine rings is 1. The molecule has 4 rings (SSSR count). The smallest absolute Gasteiger partial charge is 0.252 e. The lowest BCUT2D eigenvalue weighted by molar-refractivity contribution is -0.126. The van der Waals surface area contributed by atoms with E-state index in [0.717, 1.165) is 36.2 Å². The molecule has 1 aromatic heterocycles. The SMILES string of the molecule is Cc1ccc(S(=O)(=O)N2CCCC(C(=O)NCc3ccc4c(c3)CCCN4C)C2)s1. The number of fused-ring (bicyclic) bond motifs is 1. The Morgan fingerprint density at radius 3 is 2.80 bits per heavy atom. The van der Waals surface area contributed by atoms with Crippen molar-refractivity contribution in [1.29, 1.82) is 0 Å². The molecule has 162 valence electrons. The molecule has 1 amide bonds. The number of sulfonamides is 1. The number of benzene rings is 1. The Morgan fingerprint density at radius 2 is 2.03 bits per heavy atom. The lowest BCUT2D eigenvalue weighted by atomic mass is 9.98. The van der Waals surface area contributed by atoms with Crippen molar-refractivity contribution in [2.24, 2.45) is 5.92 Å². The number of hydrogen-bond donors (Lipinski definition) is 1. The van der Waals surface area contributed by atoms with Crippen LogP contribution >= 0.6 is 11.3 Å². The second kappa shape index (κ2) is 8.69. The number of amides is 1. The molecule has 3 heterocycles. The van der Waals surface area contributed by atoms with Crippen LogP contribution in [0.5, 0.6) is 0 Å². The van der Waals surface area contributed by atoms with Gasteiger partial charge in [-0.15, -0.1) is 11.3 Å². The number of thiophene rings is 1. The molecule has 1 unspecified atom stereocenters. The molecule has 2 aromatic rings. The third kappa shape index (κ3) is 4.40. The molecule has 1 fully saturated rings. The van der Waals surface area contributed by atoms with E-state index in [0.29, 0.717) is 23.7 Å². The number of carbonyl (C=O) groups is 1. The highest BCUT2D eigenvalue weighted by atomic mass is 32.2. The average molecular weight is 448 g/mol. The van der Waals surface area contributed by atoms with E-state index in [1.807, 2.05) is 13.0 Å². The number of anilines is 1. The van der Waals surface area contributed by atoms with Gasteiger partial charge in [-0.3, -0.25) is 4.79 Å². The monoisotopic (exact) mass is 447 g/mol. The van der Waals surface area contributed by atoms with Crippen molar-refractivity contribution < 1.29 is 13.2 Å². The van der Waals surface area contributed by atoms with Gasteiger partial charge in [-0.1, -0.05) is 12.1 Å². The van der Waals surface area contributed by atoms with E-state index in [1.165, 1.54) is 26.9 Å². The average Bonchev–Trinajstić information content (AvgIpc) is 3.19. The van der Waals surface area contributed by atoms with Gasteiger partial charge in [-0.25, -0.2) is 8.42 Å². The van der Waals surface area contributed by atoms with Gasteiger partial charge >= 0.3 is 0 Å². The van der Waals surface area contributed by atoms with E-state index in [1.54, 1.807) is 6.07 Å². The van der Waals surface area contributed by atoms with Crippen LogP contribution in [0.1, 0.15) is 35.3 Å². The fourth-order valence-corrected chi connectivity index (χ4v) is 7.30. The highest BCUT2D eigenvalue weighted by Gasteiger charge is 2.34. The molecule has 1 atom stereocenters. The molecule has 0 saturated carbocycles. The van der Waals surface area contributed by atoms with Gasteiger partial charge in [0.15, 0.2) is 0 Å². The first kappa shape index (κ1) is 21.3. The molecule has 2 aliphatic rings. The summed E-state index contributed by atoms with van der Waals surface area (Å²) in [5, 5.41) is 3.03. The van der Waals surface area contributed by atoms with Gasteiger partial charge in [0.25, 0.3) is 10.0 Å². The molecule has 0 aliphatic carbocycles. The zero-order chi connectivity index (χ0) is 21.3. The molecule has 1 N–H and O–H groups in total. The molecule has 1 saturated heterocycles. The van der Waals surface area contributed by atoms with E-state index in [-0.39, 0.29) is 18.4 Å². The van der Waals surface area contributed by atoms with Gasteiger partial charge in [0, 0.05) is 43.8 Å². The zero-order valence-electron chi connectivity index (χ0n) is 17.6. The standard InChI is InChI=1S/C22H29N3O3S2/c1-16-7-10-21(29-16)30(27,28)25-12-4-6-19(15-25)22(26)23-14-17-8-9-20-18(13-17)5-3-11-24(20)2/h7-10,13,19H,3-6,11-12,14-15H2,1-2H3,(H,23,26). The number of hydrogen-bond acceptors (Lipinski definition) is 5. The fourth-order valence-electron chi connectivity index (χ4n) is 4.33. The number of nitrogens with one attached hydrogen (secondary N) is 1. The fraction of sp³-hybridized carbons (Fsp3) is 0.500.